The van der Waals surface area contributed by atoms with Gasteiger partial charge in [0.05, 0.1) is 24.2 Å². The molecule has 112 valence electrons. The molecule has 20 heavy (non-hydrogen) atoms. The van der Waals surface area contributed by atoms with Crippen molar-refractivity contribution in [1.82, 2.24) is 9.97 Å². The molecular weight excluding hydrogens is 266 g/mol. The van der Waals surface area contributed by atoms with Crippen molar-refractivity contribution in [3.8, 4) is 0 Å². The van der Waals surface area contributed by atoms with Gasteiger partial charge in [-0.3, -0.25) is 10.1 Å². The highest BCUT2D eigenvalue weighted by atomic mass is 16.6. The van der Waals surface area contributed by atoms with E-state index in [-0.39, 0.29) is 30.5 Å². The largest absolute Gasteiger partial charge is 0.394 e. The predicted octanol–water partition coefficient (Wildman–Crippen LogP) is 0.626. The maximum atomic E-state index is 11.2. The van der Waals surface area contributed by atoms with Crippen LogP contribution in [0.3, 0.4) is 0 Å². The topological polar surface area (TPSA) is 122 Å². The molecule has 0 aliphatic rings. The number of aliphatic hydroxyl groups is 1. The van der Waals surface area contributed by atoms with Gasteiger partial charge in [-0.2, -0.15) is 0 Å². The lowest BCUT2D eigenvalue weighted by Gasteiger charge is -2.16. The van der Waals surface area contributed by atoms with Crippen molar-refractivity contribution in [2.45, 2.75) is 19.4 Å². The summed E-state index contributed by atoms with van der Waals surface area (Å²) in [7, 11) is 1.48. The van der Waals surface area contributed by atoms with Crippen molar-refractivity contribution >= 4 is 17.3 Å². The van der Waals surface area contributed by atoms with Crippen molar-refractivity contribution < 1.29 is 14.8 Å². The highest BCUT2D eigenvalue weighted by molar-refractivity contribution is 5.69. The minimum Gasteiger partial charge on any atom is -0.394 e. The molecule has 0 aromatic carbocycles. The molecule has 1 aromatic heterocycles. The molecule has 0 saturated carbocycles. The summed E-state index contributed by atoms with van der Waals surface area (Å²) in [5.41, 5.74) is -0.240. The van der Waals surface area contributed by atoms with Gasteiger partial charge in [-0.15, -0.1) is 0 Å². The first kappa shape index (κ1) is 16.1. The molecule has 0 spiro atoms. The van der Waals surface area contributed by atoms with Crippen molar-refractivity contribution in [2.24, 2.45) is 0 Å². The summed E-state index contributed by atoms with van der Waals surface area (Å²) in [4.78, 5) is 18.4. The lowest BCUT2D eigenvalue weighted by Crippen LogP contribution is -2.29. The SMILES string of the molecule is CCCNc1ncnc(NC(CO)COC)c1[N+](=O)[O-]. The fourth-order valence-electron chi connectivity index (χ4n) is 1.56. The Labute approximate surface area is 116 Å². The predicted molar refractivity (Wildman–Crippen MR) is 73.8 cm³/mol. The number of nitro groups is 1. The normalized spacial score (nSPS) is 11.9. The minimum atomic E-state index is -0.554. The average Bonchev–Trinajstić information content (AvgIpc) is 2.44. The van der Waals surface area contributed by atoms with Crippen LogP contribution in [-0.4, -0.2) is 52.9 Å². The molecule has 1 heterocycles. The first-order chi connectivity index (χ1) is 9.63. The van der Waals surface area contributed by atoms with Gasteiger partial charge < -0.3 is 20.5 Å². The van der Waals surface area contributed by atoms with Crippen LogP contribution in [0, 0.1) is 10.1 Å². The fraction of sp³-hybridized carbons (Fsp3) is 0.636. The van der Waals surface area contributed by atoms with Crippen LogP contribution in [0.4, 0.5) is 17.3 Å². The molecule has 0 amide bonds. The second-order valence-corrected chi connectivity index (χ2v) is 4.08. The Morgan fingerprint density at radius 1 is 1.50 bits per heavy atom. The Hall–Kier alpha value is -2.00. The van der Waals surface area contributed by atoms with E-state index in [2.05, 4.69) is 20.6 Å². The average molecular weight is 285 g/mol. The van der Waals surface area contributed by atoms with E-state index in [0.717, 1.165) is 6.42 Å². The molecule has 1 atom stereocenters. The van der Waals surface area contributed by atoms with Crippen LogP contribution in [-0.2, 0) is 4.74 Å². The summed E-state index contributed by atoms with van der Waals surface area (Å²) in [6.45, 7) is 2.49. The van der Waals surface area contributed by atoms with Gasteiger partial charge in [0.15, 0.2) is 0 Å². The van der Waals surface area contributed by atoms with Gasteiger partial charge in [-0.1, -0.05) is 6.92 Å². The first-order valence-corrected chi connectivity index (χ1v) is 6.23. The van der Waals surface area contributed by atoms with Crippen LogP contribution >= 0.6 is 0 Å². The van der Waals surface area contributed by atoms with E-state index in [1.165, 1.54) is 13.4 Å². The molecule has 0 bridgehead atoms. The number of nitrogens with zero attached hydrogens (tertiary/aromatic N) is 3. The van der Waals surface area contributed by atoms with Gasteiger partial charge in [-0.05, 0) is 6.42 Å². The standard InChI is InChI=1S/C11H19N5O4/c1-3-4-12-10-9(16(18)19)11(14-7-13-10)15-8(5-17)6-20-2/h7-8,17H,3-6H2,1-2H3,(H2,12,13,14,15). The highest BCUT2D eigenvalue weighted by Gasteiger charge is 2.24. The van der Waals surface area contributed by atoms with Crippen LogP contribution in [0.1, 0.15) is 13.3 Å². The van der Waals surface area contributed by atoms with Crippen LogP contribution < -0.4 is 10.6 Å². The number of aliphatic hydroxyl groups excluding tert-OH is 1. The molecule has 3 N–H and O–H groups in total. The first-order valence-electron chi connectivity index (χ1n) is 6.23. The molecular formula is C11H19N5O4. The zero-order chi connectivity index (χ0) is 15.0. The number of hydrogen-bond acceptors (Lipinski definition) is 8. The summed E-state index contributed by atoms with van der Waals surface area (Å²) >= 11 is 0. The van der Waals surface area contributed by atoms with Crippen molar-refractivity contribution in [2.75, 3.05) is 37.5 Å². The molecule has 0 aliphatic heterocycles. The number of ether oxygens (including phenoxy) is 1. The third kappa shape index (κ3) is 4.28. The zero-order valence-electron chi connectivity index (χ0n) is 11.5. The monoisotopic (exact) mass is 285 g/mol. The van der Waals surface area contributed by atoms with Gasteiger partial charge in [0.25, 0.3) is 0 Å². The van der Waals surface area contributed by atoms with Gasteiger partial charge in [0, 0.05) is 13.7 Å². The van der Waals surface area contributed by atoms with Crippen LogP contribution in [0.5, 0.6) is 0 Å². The van der Waals surface area contributed by atoms with E-state index in [4.69, 9.17) is 4.74 Å². The number of hydrogen-bond donors (Lipinski definition) is 3. The Morgan fingerprint density at radius 2 is 2.20 bits per heavy atom. The van der Waals surface area contributed by atoms with E-state index in [9.17, 15) is 15.2 Å². The summed E-state index contributed by atoms with van der Waals surface area (Å²) < 4.78 is 4.91. The van der Waals surface area contributed by atoms with E-state index in [1.807, 2.05) is 6.92 Å². The summed E-state index contributed by atoms with van der Waals surface area (Å²) in [5.74, 6) is 0.211. The number of nitrogens with one attached hydrogen (secondary N) is 2. The second kappa shape index (κ2) is 8.23. The molecule has 0 fully saturated rings. The fourth-order valence-corrected chi connectivity index (χ4v) is 1.56. The number of methoxy groups -OCH3 is 1. The maximum Gasteiger partial charge on any atom is 0.353 e. The third-order valence-corrected chi connectivity index (χ3v) is 2.48. The Kier molecular flexibility index (Phi) is 6.60. The van der Waals surface area contributed by atoms with E-state index in [0.29, 0.717) is 6.54 Å². The molecule has 1 aromatic rings. The van der Waals surface area contributed by atoms with Crippen LogP contribution in [0.15, 0.2) is 6.33 Å². The number of rotatable bonds is 9. The molecule has 0 saturated heterocycles. The van der Waals surface area contributed by atoms with Gasteiger partial charge in [0.2, 0.25) is 11.6 Å². The Bertz CT molecular complexity index is 443. The summed E-state index contributed by atoms with van der Waals surface area (Å²) in [6, 6.07) is -0.479. The minimum absolute atomic E-state index is 0.0553. The van der Waals surface area contributed by atoms with E-state index < -0.39 is 11.0 Å². The van der Waals surface area contributed by atoms with Crippen LogP contribution in [0.2, 0.25) is 0 Å². The molecule has 9 nitrogen and oxygen atoms in total. The number of aromatic nitrogens is 2. The highest BCUT2D eigenvalue weighted by Crippen LogP contribution is 2.29. The molecule has 9 heteroatoms. The van der Waals surface area contributed by atoms with Gasteiger partial charge in [0.1, 0.15) is 6.33 Å². The molecule has 1 unspecified atom stereocenters. The molecule has 0 radical (unpaired) electrons. The lowest BCUT2D eigenvalue weighted by atomic mass is 10.3. The maximum absolute atomic E-state index is 11.2. The smallest absolute Gasteiger partial charge is 0.353 e. The second-order valence-electron chi connectivity index (χ2n) is 4.08. The summed E-state index contributed by atoms with van der Waals surface area (Å²) in [5, 5.41) is 26.0. The number of anilines is 2. The van der Waals surface area contributed by atoms with Gasteiger partial charge >= 0.3 is 5.69 Å². The van der Waals surface area contributed by atoms with E-state index in [1.54, 1.807) is 0 Å². The molecule has 0 aliphatic carbocycles. The molecule has 1 rings (SSSR count). The third-order valence-electron chi connectivity index (χ3n) is 2.48. The zero-order valence-corrected chi connectivity index (χ0v) is 11.5. The van der Waals surface area contributed by atoms with E-state index >= 15 is 0 Å². The van der Waals surface area contributed by atoms with Gasteiger partial charge in [-0.25, -0.2) is 9.97 Å². The Morgan fingerprint density at radius 3 is 2.75 bits per heavy atom. The Balaban J connectivity index is 3.02. The lowest BCUT2D eigenvalue weighted by molar-refractivity contribution is -0.383. The van der Waals surface area contributed by atoms with Crippen molar-refractivity contribution in [3.05, 3.63) is 16.4 Å². The van der Waals surface area contributed by atoms with Crippen molar-refractivity contribution in [3.63, 3.8) is 0 Å². The quantitative estimate of drug-likeness (QED) is 0.446. The van der Waals surface area contributed by atoms with Crippen LogP contribution in [0.25, 0.3) is 0 Å². The van der Waals surface area contributed by atoms with Crippen molar-refractivity contribution in [1.29, 1.82) is 0 Å². The summed E-state index contributed by atoms with van der Waals surface area (Å²) in [6.07, 6.45) is 2.04.